The molecule has 38 heavy (non-hydrogen) atoms. The molecule has 0 saturated heterocycles. The van der Waals surface area contributed by atoms with Gasteiger partial charge in [0.1, 0.15) is 11.4 Å². The third kappa shape index (κ3) is 4.36. The Hall–Kier alpha value is -4.66. The molecule has 0 saturated carbocycles. The quantitative estimate of drug-likeness (QED) is 0.350. The molecule has 0 spiro atoms. The summed E-state index contributed by atoms with van der Waals surface area (Å²) in [6, 6.07) is 14.1. The molecule has 1 N–H and O–H groups in total. The number of methoxy groups -OCH3 is 4. The molecule has 9 heteroatoms. The number of hydrogen-bond acceptors (Lipinski definition) is 9. The molecule has 9 nitrogen and oxygen atoms in total. The van der Waals surface area contributed by atoms with Gasteiger partial charge < -0.3 is 33.5 Å². The summed E-state index contributed by atoms with van der Waals surface area (Å²) in [5.41, 5.74) is 3.35. The molecule has 1 aliphatic carbocycles. The van der Waals surface area contributed by atoms with Gasteiger partial charge in [-0.2, -0.15) is 0 Å². The highest BCUT2D eigenvalue weighted by Gasteiger charge is 2.40. The Bertz CT molecular complexity index is 1420. The lowest BCUT2D eigenvalue weighted by Crippen LogP contribution is -2.30. The standard InChI is InChI=1S/C29H27NO8/c1-33-24-11-17(12-25(34-2)28(24)35-3)26-19-13-23-22(37-15-38-23)10-16(19)9-18(27(26)29(32)36-4)14-30-20-7-5-6-8-21(20)31/h5-14,26-27,31H,15H2,1-4H3/t26?,27-/m1/s1. The molecule has 196 valence electrons. The molecule has 1 heterocycles. The number of phenolic OH excluding ortho intramolecular Hbond substituents is 1. The highest BCUT2D eigenvalue weighted by atomic mass is 16.7. The van der Waals surface area contributed by atoms with Crippen LogP contribution in [-0.4, -0.2) is 52.5 Å². The van der Waals surface area contributed by atoms with Crippen LogP contribution in [0, 0.1) is 5.92 Å². The van der Waals surface area contributed by atoms with Crippen molar-refractivity contribution in [3.8, 4) is 34.5 Å². The Labute approximate surface area is 219 Å². The van der Waals surface area contributed by atoms with Gasteiger partial charge in [0.05, 0.1) is 34.4 Å². The maximum atomic E-state index is 13.4. The number of nitrogens with zero attached hydrogens (tertiary/aromatic N) is 1. The second-order valence-electron chi connectivity index (χ2n) is 8.66. The second kappa shape index (κ2) is 10.4. The van der Waals surface area contributed by atoms with E-state index in [1.54, 1.807) is 30.5 Å². The maximum absolute atomic E-state index is 13.4. The van der Waals surface area contributed by atoms with Crippen LogP contribution in [-0.2, 0) is 9.53 Å². The topological polar surface area (TPSA) is 105 Å². The fourth-order valence-corrected chi connectivity index (χ4v) is 4.90. The lowest BCUT2D eigenvalue weighted by atomic mass is 9.71. The number of fused-ring (bicyclic) bond motifs is 2. The highest BCUT2D eigenvalue weighted by Crippen LogP contribution is 2.50. The van der Waals surface area contributed by atoms with Gasteiger partial charge in [-0.15, -0.1) is 0 Å². The van der Waals surface area contributed by atoms with Gasteiger partial charge in [-0.25, -0.2) is 0 Å². The second-order valence-corrected chi connectivity index (χ2v) is 8.66. The molecule has 1 aliphatic heterocycles. The van der Waals surface area contributed by atoms with E-state index in [1.165, 1.54) is 28.4 Å². The van der Waals surface area contributed by atoms with E-state index in [9.17, 15) is 9.90 Å². The minimum atomic E-state index is -0.787. The van der Waals surface area contributed by atoms with Gasteiger partial charge in [0.2, 0.25) is 12.5 Å². The van der Waals surface area contributed by atoms with Crippen molar-refractivity contribution in [3.05, 3.63) is 70.8 Å². The number of benzene rings is 3. The first-order valence-corrected chi connectivity index (χ1v) is 11.8. The first-order chi connectivity index (χ1) is 18.5. The van der Waals surface area contributed by atoms with E-state index in [0.29, 0.717) is 40.0 Å². The normalized spacial score (nSPS) is 17.5. The van der Waals surface area contributed by atoms with Crippen molar-refractivity contribution >= 4 is 23.9 Å². The number of carbonyl (C=O) groups is 1. The van der Waals surface area contributed by atoms with Gasteiger partial charge in [0, 0.05) is 12.1 Å². The first kappa shape index (κ1) is 25.0. The smallest absolute Gasteiger partial charge is 0.314 e. The SMILES string of the molecule is COC(=O)[C@@H]1C(C=Nc2ccccc2O)=Cc2cc3c(cc2C1c1cc(OC)c(OC)c(OC)c1)OCO3. The molecule has 0 radical (unpaired) electrons. The van der Waals surface area contributed by atoms with E-state index in [0.717, 1.165) is 16.7 Å². The monoisotopic (exact) mass is 517 g/mol. The van der Waals surface area contributed by atoms with Crippen molar-refractivity contribution in [2.45, 2.75) is 5.92 Å². The van der Waals surface area contributed by atoms with Crippen LogP contribution in [0.5, 0.6) is 34.5 Å². The summed E-state index contributed by atoms with van der Waals surface area (Å²) in [5.74, 6) is 0.788. The van der Waals surface area contributed by atoms with Crippen molar-refractivity contribution in [1.82, 2.24) is 0 Å². The van der Waals surface area contributed by atoms with E-state index in [-0.39, 0.29) is 12.5 Å². The third-order valence-corrected chi connectivity index (χ3v) is 6.66. The lowest BCUT2D eigenvalue weighted by Gasteiger charge is -2.32. The molecule has 2 aliphatic rings. The number of carbonyl (C=O) groups excluding carboxylic acids is 1. The Morgan fingerprint density at radius 3 is 2.29 bits per heavy atom. The summed E-state index contributed by atoms with van der Waals surface area (Å²) < 4.78 is 33.3. The van der Waals surface area contributed by atoms with Crippen LogP contribution in [0.25, 0.3) is 6.08 Å². The fraction of sp³-hybridized carbons (Fsp3) is 0.241. The van der Waals surface area contributed by atoms with Gasteiger partial charge in [0.25, 0.3) is 0 Å². The number of aliphatic imine (C=N–C) groups is 1. The number of ether oxygens (including phenoxy) is 6. The number of rotatable bonds is 7. The van der Waals surface area contributed by atoms with Crippen LogP contribution in [0.1, 0.15) is 22.6 Å². The zero-order chi connectivity index (χ0) is 26.8. The lowest BCUT2D eigenvalue weighted by molar-refractivity contribution is -0.144. The van der Waals surface area contributed by atoms with Crippen molar-refractivity contribution in [3.63, 3.8) is 0 Å². The highest BCUT2D eigenvalue weighted by molar-refractivity contribution is 5.98. The average Bonchev–Trinajstić information content (AvgIpc) is 3.40. The van der Waals surface area contributed by atoms with E-state index >= 15 is 0 Å². The van der Waals surface area contributed by atoms with Crippen molar-refractivity contribution in [2.75, 3.05) is 35.2 Å². The number of phenols is 1. The molecule has 0 bridgehead atoms. The Morgan fingerprint density at radius 1 is 0.974 bits per heavy atom. The zero-order valence-electron chi connectivity index (χ0n) is 21.4. The Kier molecular flexibility index (Phi) is 6.83. The van der Waals surface area contributed by atoms with E-state index in [4.69, 9.17) is 28.4 Å². The van der Waals surface area contributed by atoms with Crippen molar-refractivity contribution < 1.29 is 38.3 Å². The molecule has 0 fully saturated rings. The van der Waals surface area contributed by atoms with Gasteiger partial charge in [-0.05, 0) is 64.7 Å². The summed E-state index contributed by atoms with van der Waals surface area (Å²) >= 11 is 0. The van der Waals surface area contributed by atoms with E-state index in [1.807, 2.05) is 30.3 Å². The molecular formula is C29H27NO8. The molecule has 1 unspecified atom stereocenters. The van der Waals surface area contributed by atoms with Gasteiger partial charge in [0.15, 0.2) is 23.0 Å². The molecule has 2 atom stereocenters. The largest absolute Gasteiger partial charge is 0.506 e. The molecule has 3 aromatic rings. The summed E-state index contributed by atoms with van der Waals surface area (Å²) in [5, 5.41) is 10.2. The summed E-state index contributed by atoms with van der Waals surface area (Å²) in [6.07, 6.45) is 3.45. The predicted molar refractivity (Wildman–Crippen MR) is 140 cm³/mol. The number of hydrogen-bond donors (Lipinski definition) is 1. The van der Waals surface area contributed by atoms with E-state index in [2.05, 4.69) is 4.99 Å². The molecule has 3 aromatic carbocycles. The van der Waals surface area contributed by atoms with Gasteiger partial charge in [-0.1, -0.05) is 12.1 Å². The van der Waals surface area contributed by atoms with Crippen LogP contribution < -0.4 is 23.7 Å². The first-order valence-electron chi connectivity index (χ1n) is 11.8. The van der Waals surface area contributed by atoms with Crippen LogP contribution in [0.3, 0.4) is 0 Å². The third-order valence-electron chi connectivity index (χ3n) is 6.66. The predicted octanol–water partition coefficient (Wildman–Crippen LogP) is 4.87. The number of para-hydroxylation sites is 2. The summed E-state index contributed by atoms with van der Waals surface area (Å²) in [6.45, 7) is 0.110. The Morgan fingerprint density at radius 2 is 1.66 bits per heavy atom. The molecule has 0 aromatic heterocycles. The van der Waals surface area contributed by atoms with Crippen LogP contribution >= 0.6 is 0 Å². The number of esters is 1. The average molecular weight is 518 g/mol. The van der Waals surface area contributed by atoms with Crippen LogP contribution in [0.4, 0.5) is 5.69 Å². The fourth-order valence-electron chi connectivity index (χ4n) is 4.90. The Balaban J connectivity index is 1.74. The molecule has 0 amide bonds. The van der Waals surface area contributed by atoms with Crippen LogP contribution in [0.15, 0.2) is 59.1 Å². The maximum Gasteiger partial charge on any atom is 0.314 e. The minimum absolute atomic E-state index is 0.0275. The summed E-state index contributed by atoms with van der Waals surface area (Å²) in [7, 11) is 5.96. The van der Waals surface area contributed by atoms with E-state index < -0.39 is 17.8 Å². The van der Waals surface area contributed by atoms with Crippen molar-refractivity contribution in [2.24, 2.45) is 10.9 Å². The van der Waals surface area contributed by atoms with Crippen molar-refractivity contribution in [1.29, 1.82) is 0 Å². The zero-order valence-corrected chi connectivity index (χ0v) is 21.4. The summed E-state index contributed by atoms with van der Waals surface area (Å²) in [4.78, 5) is 17.9. The molecular weight excluding hydrogens is 490 g/mol. The van der Waals surface area contributed by atoms with Gasteiger partial charge >= 0.3 is 5.97 Å². The molecule has 5 rings (SSSR count). The van der Waals surface area contributed by atoms with Gasteiger partial charge in [-0.3, -0.25) is 9.79 Å². The number of aromatic hydroxyl groups is 1. The minimum Gasteiger partial charge on any atom is -0.506 e. The van der Waals surface area contributed by atoms with Crippen LogP contribution in [0.2, 0.25) is 0 Å².